The summed E-state index contributed by atoms with van der Waals surface area (Å²) in [5, 5.41) is 5.92. The lowest BCUT2D eigenvalue weighted by Crippen LogP contribution is -2.23. The lowest BCUT2D eigenvalue weighted by molar-refractivity contribution is -0.114. The first-order valence-electron chi connectivity index (χ1n) is 9.08. The lowest BCUT2D eigenvalue weighted by Gasteiger charge is -2.13. The Morgan fingerprint density at radius 1 is 1.04 bits per heavy atom. The number of ether oxygens (including phenoxy) is 1. The highest BCUT2D eigenvalue weighted by Gasteiger charge is 2.09. The standard InChI is InChI=1S/C21H27N3O3/c1-4-5-14-27-19-9-7-6-8-18(19)22-15-20(25)23-17-12-10-16(11-13-17)21(26)24(2)3/h6-13,22H,4-5,14-15H2,1-3H3,(H,23,25). The zero-order valence-corrected chi connectivity index (χ0v) is 16.1. The monoisotopic (exact) mass is 369 g/mol. The average molecular weight is 369 g/mol. The van der Waals surface area contributed by atoms with Crippen molar-refractivity contribution in [3.63, 3.8) is 0 Å². The first-order chi connectivity index (χ1) is 13.0. The van der Waals surface area contributed by atoms with Crippen LogP contribution in [0.15, 0.2) is 48.5 Å². The van der Waals surface area contributed by atoms with Crippen molar-refractivity contribution in [2.75, 3.05) is 37.9 Å². The molecule has 0 atom stereocenters. The molecule has 0 saturated carbocycles. The van der Waals surface area contributed by atoms with E-state index in [4.69, 9.17) is 4.74 Å². The minimum absolute atomic E-state index is 0.0748. The fourth-order valence-electron chi connectivity index (χ4n) is 2.40. The van der Waals surface area contributed by atoms with Crippen LogP contribution in [0.2, 0.25) is 0 Å². The number of nitrogens with one attached hydrogen (secondary N) is 2. The van der Waals surface area contributed by atoms with Gasteiger partial charge in [-0.2, -0.15) is 0 Å². The van der Waals surface area contributed by atoms with Crippen LogP contribution in [0.1, 0.15) is 30.1 Å². The number of hydrogen-bond donors (Lipinski definition) is 2. The van der Waals surface area contributed by atoms with Gasteiger partial charge in [-0.1, -0.05) is 25.5 Å². The Bertz CT molecular complexity index is 758. The van der Waals surface area contributed by atoms with Crippen LogP contribution in [-0.4, -0.2) is 44.0 Å². The number of carbonyl (C=O) groups is 2. The summed E-state index contributed by atoms with van der Waals surface area (Å²) >= 11 is 0. The SMILES string of the molecule is CCCCOc1ccccc1NCC(=O)Nc1ccc(C(=O)N(C)C)cc1. The zero-order valence-electron chi connectivity index (χ0n) is 16.1. The number of anilines is 2. The third-order valence-corrected chi connectivity index (χ3v) is 3.90. The van der Waals surface area contributed by atoms with E-state index in [1.54, 1.807) is 38.4 Å². The quantitative estimate of drug-likeness (QED) is 0.663. The van der Waals surface area contributed by atoms with Gasteiger partial charge in [0.2, 0.25) is 5.91 Å². The number of hydrogen-bond acceptors (Lipinski definition) is 4. The second kappa shape index (κ2) is 10.2. The maximum Gasteiger partial charge on any atom is 0.253 e. The summed E-state index contributed by atoms with van der Waals surface area (Å²) < 4.78 is 5.75. The number of amides is 2. The number of para-hydroxylation sites is 2. The van der Waals surface area contributed by atoms with E-state index in [-0.39, 0.29) is 18.4 Å². The number of unbranched alkanes of at least 4 members (excludes halogenated alkanes) is 1. The molecule has 2 aromatic rings. The molecule has 0 bridgehead atoms. The molecule has 2 amide bonds. The first-order valence-corrected chi connectivity index (χ1v) is 9.08. The molecule has 2 aromatic carbocycles. The first kappa shape index (κ1) is 20.3. The topological polar surface area (TPSA) is 70.7 Å². The highest BCUT2D eigenvalue weighted by Crippen LogP contribution is 2.23. The van der Waals surface area contributed by atoms with Crippen LogP contribution < -0.4 is 15.4 Å². The molecule has 0 heterocycles. The number of carbonyl (C=O) groups excluding carboxylic acids is 2. The number of nitrogens with zero attached hydrogens (tertiary/aromatic N) is 1. The van der Waals surface area contributed by atoms with Gasteiger partial charge in [0, 0.05) is 25.3 Å². The minimum atomic E-state index is -0.176. The summed E-state index contributed by atoms with van der Waals surface area (Å²) in [5.41, 5.74) is 2.01. The molecule has 0 aliphatic rings. The molecule has 144 valence electrons. The Morgan fingerprint density at radius 3 is 2.41 bits per heavy atom. The van der Waals surface area contributed by atoms with Gasteiger partial charge < -0.3 is 20.3 Å². The Kier molecular flexibility index (Phi) is 7.67. The molecule has 0 radical (unpaired) electrons. The molecule has 0 fully saturated rings. The van der Waals surface area contributed by atoms with Gasteiger partial charge in [-0.25, -0.2) is 0 Å². The van der Waals surface area contributed by atoms with Crippen molar-refractivity contribution in [3.8, 4) is 5.75 Å². The van der Waals surface area contributed by atoms with Crippen molar-refractivity contribution in [2.45, 2.75) is 19.8 Å². The van der Waals surface area contributed by atoms with E-state index in [1.165, 1.54) is 4.90 Å². The van der Waals surface area contributed by atoms with E-state index in [1.807, 2.05) is 24.3 Å². The van der Waals surface area contributed by atoms with Crippen LogP contribution in [0.25, 0.3) is 0 Å². The highest BCUT2D eigenvalue weighted by molar-refractivity contribution is 5.96. The Hall–Kier alpha value is -3.02. The zero-order chi connectivity index (χ0) is 19.6. The molecule has 0 aromatic heterocycles. The predicted octanol–water partition coefficient (Wildman–Crippen LogP) is 3.62. The van der Waals surface area contributed by atoms with Gasteiger partial charge in [0.15, 0.2) is 0 Å². The smallest absolute Gasteiger partial charge is 0.253 e. The van der Waals surface area contributed by atoms with E-state index in [2.05, 4.69) is 17.6 Å². The Labute approximate surface area is 160 Å². The molecule has 0 unspecified atom stereocenters. The van der Waals surface area contributed by atoms with Crippen LogP contribution in [0.4, 0.5) is 11.4 Å². The van der Waals surface area contributed by atoms with Gasteiger partial charge in [0.1, 0.15) is 5.75 Å². The summed E-state index contributed by atoms with van der Waals surface area (Å²) in [7, 11) is 3.40. The van der Waals surface area contributed by atoms with Gasteiger partial charge in [0.05, 0.1) is 18.8 Å². The molecule has 0 aliphatic carbocycles. The molecular weight excluding hydrogens is 342 g/mol. The molecule has 2 rings (SSSR count). The van der Waals surface area contributed by atoms with Gasteiger partial charge in [-0.15, -0.1) is 0 Å². The Balaban J connectivity index is 1.89. The van der Waals surface area contributed by atoms with Crippen molar-refractivity contribution >= 4 is 23.2 Å². The molecule has 2 N–H and O–H groups in total. The molecule has 0 saturated heterocycles. The average Bonchev–Trinajstić information content (AvgIpc) is 2.67. The highest BCUT2D eigenvalue weighted by atomic mass is 16.5. The van der Waals surface area contributed by atoms with E-state index < -0.39 is 0 Å². The molecule has 6 heteroatoms. The third-order valence-electron chi connectivity index (χ3n) is 3.90. The van der Waals surface area contributed by atoms with Crippen molar-refractivity contribution in [3.05, 3.63) is 54.1 Å². The van der Waals surface area contributed by atoms with Crippen molar-refractivity contribution in [1.82, 2.24) is 4.90 Å². The van der Waals surface area contributed by atoms with Gasteiger partial charge in [-0.05, 0) is 42.8 Å². The van der Waals surface area contributed by atoms with Gasteiger partial charge in [-0.3, -0.25) is 9.59 Å². The van der Waals surface area contributed by atoms with E-state index in [0.717, 1.165) is 24.3 Å². The molecule has 0 spiro atoms. The maximum absolute atomic E-state index is 12.2. The summed E-state index contributed by atoms with van der Waals surface area (Å²) in [6.45, 7) is 2.88. The van der Waals surface area contributed by atoms with Crippen LogP contribution in [-0.2, 0) is 4.79 Å². The Morgan fingerprint density at radius 2 is 1.74 bits per heavy atom. The normalized spacial score (nSPS) is 10.2. The van der Waals surface area contributed by atoms with Crippen LogP contribution >= 0.6 is 0 Å². The summed E-state index contributed by atoms with van der Waals surface area (Å²) in [5.74, 6) is 0.490. The van der Waals surface area contributed by atoms with Crippen LogP contribution in [0.3, 0.4) is 0 Å². The third kappa shape index (κ3) is 6.33. The fourth-order valence-corrected chi connectivity index (χ4v) is 2.40. The fraction of sp³-hybridized carbons (Fsp3) is 0.333. The van der Waals surface area contributed by atoms with Crippen LogP contribution in [0, 0.1) is 0 Å². The largest absolute Gasteiger partial charge is 0.491 e. The minimum Gasteiger partial charge on any atom is -0.491 e. The second-order valence-electron chi connectivity index (χ2n) is 6.38. The summed E-state index contributed by atoms with van der Waals surface area (Å²) in [4.78, 5) is 25.6. The van der Waals surface area contributed by atoms with E-state index in [0.29, 0.717) is 17.9 Å². The molecule has 6 nitrogen and oxygen atoms in total. The van der Waals surface area contributed by atoms with E-state index >= 15 is 0 Å². The molecule has 27 heavy (non-hydrogen) atoms. The van der Waals surface area contributed by atoms with Crippen molar-refractivity contribution in [2.24, 2.45) is 0 Å². The maximum atomic E-state index is 12.2. The summed E-state index contributed by atoms with van der Waals surface area (Å²) in [6.07, 6.45) is 2.05. The molecule has 0 aliphatic heterocycles. The van der Waals surface area contributed by atoms with Crippen molar-refractivity contribution < 1.29 is 14.3 Å². The predicted molar refractivity (Wildman–Crippen MR) is 108 cm³/mol. The van der Waals surface area contributed by atoms with Crippen LogP contribution in [0.5, 0.6) is 5.75 Å². The lowest BCUT2D eigenvalue weighted by atomic mass is 10.2. The van der Waals surface area contributed by atoms with E-state index in [9.17, 15) is 9.59 Å². The second-order valence-corrected chi connectivity index (χ2v) is 6.38. The van der Waals surface area contributed by atoms with Gasteiger partial charge >= 0.3 is 0 Å². The summed E-state index contributed by atoms with van der Waals surface area (Å²) in [6, 6.07) is 14.4. The number of benzene rings is 2. The molecular formula is C21H27N3O3. The van der Waals surface area contributed by atoms with Gasteiger partial charge in [0.25, 0.3) is 5.91 Å². The van der Waals surface area contributed by atoms with Crippen molar-refractivity contribution in [1.29, 1.82) is 0 Å². The number of rotatable bonds is 9.